The predicted octanol–water partition coefficient (Wildman–Crippen LogP) is 8.62. The van der Waals surface area contributed by atoms with Gasteiger partial charge in [0.2, 0.25) is 5.91 Å². The van der Waals surface area contributed by atoms with Gasteiger partial charge in [-0.25, -0.2) is 18.1 Å². The molecular formula is C41H59N5O7S. The molecule has 1 atom stereocenters. The number of amides is 3. The molecule has 296 valence electrons. The molecule has 0 saturated heterocycles. The zero-order valence-electron chi connectivity index (χ0n) is 32.6. The van der Waals surface area contributed by atoms with Crippen LogP contribution in [0.2, 0.25) is 0 Å². The van der Waals surface area contributed by atoms with Crippen LogP contribution in [0.15, 0.2) is 65.8 Å². The summed E-state index contributed by atoms with van der Waals surface area (Å²) < 4.78 is 35.1. The average Bonchev–Trinajstić information content (AvgIpc) is 3.59. The molecule has 3 amide bonds. The first kappa shape index (κ1) is 43.9. The Morgan fingerprint density at radius 3 is 1.93 bits per heavy atom. The van der Waals surface area contributed by atoms with Crippen LogP contribution in [0.25, 0.3) is 0 Å². The number of aromatic nitrogens is 2. The number of rotatable bonds is 24. The fraction of sp³-hybridized carbons (Fsp3) is 0.537. The van der Waals surface area contributed by atoms with E-state index >= 15 is 0 Å². The van der Waals surface area contributed by atoms with Crippen LogP contribution in [0, 0.1) is 5.41 Å². The van der Waals surface area contributed by atoms with Crippen molar-refractivity contribution in [3.8, 4) is 5.75 Å². The molecule has 3 N–H and O–H groups in total. The first-order chi connectivity index (χ1) is 25.7. The summed E-state index contributed by atoms with van der Waals surface area (Å²) in [6.07, 6.45) is 19.6. The summed E-state index contributed by atoms with van der Waals surface area (Å²) in [7, 11) is -4.28. The lowest BCUT2D eigenvalue weighted by Gasteiger charge is -2.26. The number of hydrogen-bond donors (Lipinski definition) is 3. The third-order valence-electron chi connectivity index (χ3n) is 8.97. The number of imidazole rings is 1. The minimum Gasteiger partial charge on any atom is -0.491 e. The number of nitrogens with zero attached hydrogens (tertiary/aromatic N) is 2. The second-order valence-electron chi connectivity index (χ2n) is 14.7. The summed E-state index contributed by atoms with van der Waals surface area (Å²) in [4.78, 5) is 56.9. The molecule has 0 saturated carbocycles. The van der Waals surface area contributed by atoms with Gasteiger partial charge in [0.25, 0.3) is 21.8 Å². The van der Waals surface area contributed by atoms with Crippen molar-refractivity contribution < 1.29 is 32.3 Å². The third-order valence-corrected chi connectivity index (χ3v) is 10.4. The zero-order valence-corrected chi connectivity index (χ0v) is 33.4. The van der Waals surface area contributed by atoms with Gasteiger partial charge in [0, 0.05) is 30.4 Å². The van der Waals surface area contributed by atoms with Crippen LogP contribution in [0.1, 0.15) is 141 Å². The number of carbonyl (C=O) groups excluding carboxylic acids is 4. The summed E-state index contributed by atoms with van der Waals surface area (Å²) in [5.74, 6) is -2.75. The zero-order chi connectivity index (χ0) is 39.6. The van der Waals surface area contributed by atoms with E-state index in [-0.39, 0.29) is 22.2 Å². The second-order valence-corrected chi connectivity index (χ2v) is 16.4. The summed E-state index contributed by atoms with van der Waals surface area (Å²) in [5, 5.41) is 5.42. The molecule has 1 heterocycles. The quantitative estimate of drug-likeness (QED) is 0.0602. The van der Waals surface area contributed by atoms with E-state index in [0.717, 1.165) is 32.6 Å². The Labute approximate surface area is 321 Å². The fourth-order valence-electron chi connectivity index (χ4n) is 6.02. The highest BCUT2D eigenvalue weighted by atomic mass is 32.2. The Balaban J connectivity index is 1.72. The number of sulfonamides is 1. The van der Waals surface area contributed by atoms with Crippen LogP contribution >= 0.6 is 0 Å². The minimum absolute atomic E-state index is 0.0149. The number of carbonyl (C=O) groups is 4. The summed E-state index contributed by atoms with van der Waals surface area (Å²) in [6, 6.07) is 11.0. The Bertz CT molecular complexity index is 1770. The molecule has 0 aliphatic carbocycles. The second kappa shape index (κ2) is 22.0. The molecule has 12 nitrogen and oxygen atoms in total. The lowest BCUT2D eigenvalue weighted by Crippen LogP contribution is -2.40. The predicted molar refractivity (Wildman–Crippen MR) is 212 cm³/mol. The minimum atomic E-state index is -4.28. The number of Topliss-reactive ketones (excluding diaryl/α,β-unsaturated/α-hetero) is 1. The first-order valence-electron chi connectivity index (χ1n) is 19.3. The maximum absolute atomic E-state index is 14.1. The summed E-state index contributed by atoms with van der Waals surface area (Å²) in [5.41, 5.74) is -0.541. The molecule has 2 aromatic carbocycles. The number of nitrogens with one attached hydrogen (secondary N) is 3. The van der Waals surface area contributed by atoms with Crippen molar-refractivity contribution in [3.63, 3.8) is 0 Å². The van der Waals surface area contributed by atoms with Crippen molar-refractivity contribution in [2.24, 2.45) is 5.41 Å². The van der Waals surface area contributed by atoms with Crippen LogP contribution in [-0.2, 0) is 24.4 Å². The highest BCUT2D eigenvalue weighted by molar-refractivity contribution is 7.90. The average molecular weight is 766 g/mol. The fourth-order valence-corrected chi connectivity index (χ4v) is 7.03. The van der Waals surface area contributed by atoms with Gasteiger partial charge in [-0.05, 0) is 36.8 Å². The van der Waals surface area contributed by atoms with E-state index in [1.165, 1.54) is 99.4 Å². The number of hydrogen-bond acceptors (Lipinski definition) is 8. The van der Waals surface area contributed by atoms with Crippen LogP contribution in [-0.4, -0.2) is 48.1 Å². The largest absolute Gasteiger partial charge is 0.491 e. The van der Waals surface area contributed by atoms with Crippen LogP contribution in [0.3, 0.4) is 0 Å². The van der Waals surface area contributed by atoms with Crippen molar-refractivity contribution in [3.05, 3.63) is 66.7 Å². The molecule has 0 radical (unpaired) electrons. The van der Waals surface area contributed by atoms with Crippen molar-refractivity contribution in [2.75, 3.05) is 17.2 Å². The van der Waals surface area contributed by atoms with E-state index in [1.807, 2.05) is 4.72 Å². The van der Waals surface area contributed by atoms with E-state index < -0.39 is 45.0 Å². The van der Waals surface area contributed by atoms with E-state index in [9.17, 15) is 27.6 Å². The molecule has 13 heteroatoms. The standard InChI is InChI=1S/C41H59N5O7S/c1-6-7-8-9-10-11-12-13-14-15-16-17-18-22-29-53-35-26-25-33(54(51,52)45-31(2)47)30-34(35)44-39(49)36(37(48)41(3,4)5)46-28-27-42-38(46)40(50)43-32-23-20-19-21-24-32/h19-21,23-28,30,36H,6-18,22,29H2,1-5H3,(H,43,50)(H,44,49)(H,45,47). The van der Waals surface area contributed by atoms with Crippen LogP contribution in [0.5, 0.6) is 5.75 Å². The first-order valence-corrected chi connectivity index (χ1v) is 20.8. The highest BCUT2D eigenvalue weighted by Gasteiger charge is 2.38. The number of para-hydroxylation sites is 1. The Kier molecular flexibility index (Phi) is 17.9. The number of benzene rings is 2. The SMILES string of the molecule is CCCCCCCCCCCCCCCCOc1ccc(S(=O)(=O)NC(C)=O)cc1NC(=O)C(C(=O)C(C)(C)C)n1ccnc1C(=O)Nc1ccccc1. The van der Waals surface area contributed by atoms with Gasteiger partial charge in [-0.2, -0.15) is 0 Å². The molecule has 0 aliphatic heterocycles. The molecule has 0 spiro atoms. The van der Waals surface area contributed by atoms with E-state index in [1.54, 1.807) is 51.1 Å². The summed E-state index contributed by atoms with van der Waals surface area (Å²) in [6.45, 7) is 8.60. The molecule has 0 bridgehead atoms. The highest BCUT2D eigenvalue weighted by Crippen LogP contribution is 2.31. The maximum Gasteiger partial charge on any atom is 0.291 e. The van der Waals surface area contributed by atoms with Gasteiger partial charge in [0.05, 0.1) is 17.2 Å². The Hall–Kier alpha value is -4.52. The van der Waals surface area contributed by atoms with E-state index in [0.29, 0.717) is 12.3 Å². The normalized spacial score (nSPS) is 12.2. The lowest BCUT2D eigenvalue weighted by molar-refractivity contribution is -0.135. The molecule has 1 aromatic heterocycles. The molecule has 3 aromatic rings. The van der Waals surface area contributed by atoms with E-state index in [2.05, 4.69) is 22.5 Å². The number of ketones is 1. The smallest absolute Gasteiger partial charge is 0.291 e. The van der Waals surface area contributed by atoms with E-state index in [4.69, 9.17) is 4.74 Å². The van der Waals surface area contributed by atoms with Gasteiger partial charge in [0.1, 0.15) is 5.75 Å². The van der Waals surface area contributed by atoms with Gasteiger partial charge < -0.3 is 19.9 Å². The maximum atomic E-state index is 14.1. The Morgan fingerprint density at radius 2 is 1.37 bits per heavy atom. The third kappa shape index (κ3) is 14.4. The monoisotopic (exact) mass is 765 g/mol. The Morgan fingerprint density at radius 1 is 0.796 bits per heavy atom. The molecule has 3 rings (SSSR count). The van der Waals surface area contributed by atoms with Crippen molar-refractivity contribution in [1.82, 2.24) is 14.3 Å². The molecule has 0 fully saturated rings. The van der Waals surface area contributed by atoms with Crippen molar-refractivity contribution in [1.29, 1.82) is 0 Å². The topological polar surface area (TPSA) is 166 Å². The van der Waals surface area contributed by atoms with Gasteiger partial charge >= 0.3 is 0 Å². The number of ether oxygens (including phenoxy) is 1. The lowest BCUT2D eigenvalue weighted by atomic mass is 9.86. The van der Waals surface area contributed by atoms with Crippen molar-refractivity contribution >= 4 is 44.9 Å². The molecule has 54 heavy (non-hydrogen) atoms. The summed E-state index contributed by atoms with van der Waals surface area (Å²) >= 11 is 0. The van der Waals surface area contributed by atoms with Crippen molar-refractivity contribution in [2.45, 2.75) is 135 Å². The van der Waals surface area contributed by atoms with Gasteiger partial charge in [0.15, 0.2) is 17.6 Å². The molecule has 1 unspecified atom stereocenters. The van der Waals surface area contributed by atoms with Crippen LogP contribution in [0.4, 0.5) is 11.4 Å². The van der Waals surface area contributed by atoms with Gasteiger partial charge in [-0.1, -0.05) is 129 Å². The molecule has 0 aliphatic rings. The van der Waals surface area contributed by atoms with Crippen LogP contribution < -0.4 is 20.1 Å². The van der Waals surface area contributed by atoms with Gasteiger partial charge in [-0.3, -0.25) is 19.2 Å². The van der Waals surface area contributed by atoms with Gasteiger partial charge in [-0.15, -0.1) is 0 Å². The number of unbranched alkanes of at least 4 members (excludes halogenated alkanes) is 13. The number of anilines is 2. The molecular weight excluding hydrogens is 707 g/mol.